The van der Waals surface area contributed by atoms with Crippen LogP contribution in [0.3, 0.4) is 0 Å². The standard InChI is InChI=1S/C16H34N4O/c1-12(2)20-9-15(7-18)16(10-20)21-11-13(3)19-5-4-14(6-17)8-19/h12-16H,4-11,17-18H2,1-3H3. The molecule has 4 N–H and O–H groups in total. The molecule has 2 fully saturated rings. The summed E-state index contributed by atoms with van der Waals surface area (Å²) in [6, 6.07) is 1.06. The molecule has 0 aliphatic carbocycles. The number of ether oxygens (including phenoxy) is 1. The molecule has 124 valence electrons. The molecule has 5 nitrogen and oxygen atoms in total. The number of nitrogens with two attached hydrogens (primary N) is 2. The van der Waals surface area contributed by atoms with Crippen LogP contribution in [0.2, 0.25) is 0 Å². The first-order valence-corrected chi connectivity index (χ1v) is 8.55. The Hall–Kier alpha value is -0.200. The Kier molecular flexibility index (Phi) is 6.44. The van der Waals surface area contributed by atoms with Crippen LogP contribution < -0.4 is 11.5 Å². The van der Waals surface area contributed by atoms with Gasteiger partial charge in [0.15, 0.2) is 0 Å². The van der Waals surface area contributed by atoms with E-state index in [1.54, 1.807) is 0 Å². The molecule has 0 saturated carbocycles. The smallest absolute Gasteiger partial charge is 0.0755 e. The molecule has 4 atom stereocenters. The quantitative estimate of drug-likeness (QED) is 0.709. The van der Waals surface area contributed by atoms with Crippen LogP contribution in [-0.2, 0) is 4.74 Å². The highest BCUT2D eigenvalue weighted by molar-refractivity contribution is 4.88. The minimum absolute atomic E-state index is 0.299. The summed E-state index contributed by atoms with van der Waals surface area (Å²) in [5.74, 6) is 1.15. The largest absolute Gasteiger partial charge is 0.375 e. The molecule has 0 aromatic heterocycles. The molecular formula is C16H34N4O. The Morgan fingerprint density at radius 1 is 1.05 bits per heavy atom. The molecule has 0 spiro atoms. The van der Waals surface area contributed by atoms with Crippen molar-refractivity contribution in [2.75, 3.05) is 45.9 Å². The van der Waals surface area contributed by atoms with Gasteiger partial charge in [-0.05, 0) is 52.7 Å². The lowest BCUT2D eigenvalue weighted by atomic mass is 10.1. The Morgan fingerprint density at radius 3 is 2.38 bits per heavy atom. The van der Waals surface area contributed by atoms with Crippen molar-refractivity contribution in [3.63, 3.8) is 0 Å². The van der Waals surface area contributed by atoms with Crippen LogP contribution in [0.15, 0.2) is 0 Å². The topological polar surface area (TPSA) is 67.8 Å². The van der Waals surface area contributed by atoms with Gasteiger partial charge in [0.05, 0.1) is 12.7 Å². The molecule has 2 saturated heterocycles. The van der Waals surface area contributed by atoms with E-state index in [4.69, 9.17) is 16.2 Å². The van der Waals surface area contributed by atoms with Gasteiger partial charge in [0.25, 0.3) is 0 Å². The Bertz CT molecular complexity index is 313. The first kappa shape index (κ1) is 17.2. The fraction of sp³-hybridized carbons (Fsp3) is 1.00. The van der Waals surface area contributed by atoms with Crippen molar-refractivity contribution in [3.05, 3.63) is 0 Å². The zero-order valence-corrected chi connectivity index (χ0v) is 14.0. The fourth-order valence-electron chi connectivity index (χ4n) is 3.53. The molecule has 0 bridgehead atoms. The number of likely N-dealkylation sites (tertiary alicyclic amines) is 2. The van der Waals surface area contributed by atoms with Gasteiger partial charge in [0, 0.05) is 37.6 Å². The summed E-state index contributed by atoms with van der Waals surface area (Å²) in [5, 5.41) is 0. The van der Waals surface area contributed by atoms with Crippen molar-refractivity contribution in [2.45, 2.75) is 45.4 Å². The lowest BCUT2D eigenvalue weighted by Gasteiger charge is -2.27. The third kappa shape index (κ3) is 4.39. The molecule has 5 heteroatoms. The monoisotopic (exact) mass is 298 g/mol. The summed E-state index contributed by atoms with van der Waals surface area (Å²) >= 11 is 0. The van der Waals surface area contributed by atoms with Crippen molar-refractivity contribution in [3.8, 4) is 0 Å². The first-order valence-electron chi connectivity index (χ1n) is 8.55. The average molecular weight is 298 g/mol. The molecule has 2 aliphatic rings. The van der Waals surface area contributed by atoms with Gasteiger partial charge < -0.3 is 16.2 Å². The molecule has 2 aliphatic heterocycles. The highest BCUT2D eigenvalue weighted by Gasteiger charge is 2.34. The summed E-state index contributed by atoms with van der Waals surface area (Å²) in [5.41, 5.74) is 11.7. The zero-order valence-electron chi connectivity index (χ0n) is 14.0. The van der Waals surface area contributed by atoms with E-state index in [1.807, 2.05) is 0 Å². The van der Waals surface area contributed by atoms with E-state index in [9.17, 15) is 0 Å². The minimum atomic E-state index is 0.299. The zero-order chi connectivity index (χ0) is 15.4. The summed E-state index contributed by atoms with van der Waals surface area (Å²) in [6.07, 6.45) is 1.53. The molecule has 0 aromatic rings. The van der Waals surface area contributed by atoms with E-state index in [0.717, 1.165) is 45.9 Å². The summed E-state index contributed by atoms with van der Waals surface area (Å²) < 4.78 is 6.24. The van der Waals surface area contributed by atoms with Gasteiger partial charge >= 0.3 is 0 Å². The van der Waals surface area contributed by atoms with Crippen LogP contribution in [-0.4, -0.2) is 73.9 Å². The van der Waals surface area contributed by atoms with Gasteiger partial charge in [0.2, 0.25) is 0 Å². The Balaban J connectivity index is 1.76. The van der Waals surface area contributed by atoms with Gasteiger partial charge in [-0.1, -0.05) is 0 Å². The van der Waals surface area contributed by atoms with Crippen LogP contribution in [0.5, 0.6) is 0 Å². The summed E-state index contributed by atoms with van der Waals surface area (Å²) in [4.78, 5) is 5.00. The van der Waals surface area contributed by atoms with E-state index >= 15 is 0 Å². The lowest BCUT2D eigenvalue weighted by molar-refractivity contribution is 0.00370. The van der Waals surface area contributed by atoms with E-state index in [2.05, 4.69) is 30.6 Å². The highest BCUT2D eigenvalue weighted by atomic mass is 16.5. The highest BCUT2D eigenvalue weighted by Crippen LogP contribution is 2.23. The molecule has 0 amide bonds. The predicted molar refractivity (Wildman–Crippen MR) is 87.2 cm³/mol. The normalized spacial score (nSPS) is 33.1. The van der Waals surface area contributed by atoms with Crippen molar-refractivity contribution in [2.24, 2.45) is 23.3 Å². The molecule has 21 heavy (non-hydrogen) atoms. The number of hydrogen-bond acceptors (Lipinski definition) is 5. The SMILES string of the molecule is CC(C)N1CC(CN)C(OCC(C)N2CCC(CN)C2)C1. The van der Waals surface area contributed by atoms with Crippen LogP contribution in [0.25, 0.3) is 0 Å². The van der Waals surface area contributed by atoms with Gasteiger partial charge in [-0.25, -0.2) is 0 Å². The van der Waals surface area contributed by atoms with E-state index in [-0.39, 0.29) is 0 Å². The van der Waals surface area contributed by atoms with Gasteiger partial charge in [0.1, 0.15) is 0 Å². The maximum absolute atomic E-state index is 6.24. The van der Waals surface area contributed by atoms with E-state index in [1.165, 1.54) is 6.42 Å². The van der Waals surface area contributed by atoms with Crippen molar-refractivity contribution >= 4 is 0 Å². The maximum atomic E-state index is 6.24. The predicted octanol–water partition coefficient (Wildman–Crippen LogP) is 0.340. The third-order valence-corrected chi connectivity index (χ3v) is 5.27. The van der Waals surface area contributed by atoms with Crippen LogP contribution in [0.4, 0.5) is 0 Å². The van der Waals surface area contributed by atoms with E-state index < -0.39 is 0 Å². The molecule has 0 radical (unpaired) electrons. The summed E-state index contributed by atoms with van der Waals surface area (Å²) in [6.45, 7) is 13.5. The lowest BCUT2D eigenvalue weighted by Crippen LogP contribution is -2.38. The Labute approximate surface area is 130 Å². The molecule has 4 unspecified atom stereocenters. The second-order valence-electron chi connectivity index (χ2n) is 7.15. The first-order chi connectivity index (χ1) is 10.0. The van der Waals surface area contributed by atoms with Gasteiger partial charge in [-0.3, -0.25) is 9.80 Å². The van der Waals surface area contributed by atoms with Crippen molar-refractivity contribution in [1.82, 2.24) is 9.80 Å². The van der Waals surface area contributed by atoms with Crippen LogP contribution >= 0.6 is 0 Å². The van der Waals surface area contributed by atoms with Crippen molar-refractivity contribution < 1.29 is 4.74 Å². The van der Waals surface area contributed by atoms with Crippen molar-refractivity contribution in [1.29, 1.82) is 0 Å². The number of hydrogen-bond donors (Lipinski definition) is 2. The molecule has 2 heterocycles. The Morgan fingerprint density at radius 2 is 1.81 bits per heavy atom. The van der Waals surface area contributed by atoms with Gasteiger partial charge in [-0.15, -0.1) is 0 Å². The van der Waals surface area contributed by atoms with E-state index in [0.29, 0.717) is 30.0 Å². The molecule has 2 rings (SSSR count). The molecular weight excluding hydrogens is 264 g/mol. The average Bonchev–Trinajstić information content (AvgIpc) is 3.11. The van der Waals surface area contributed by atoms with Gasteiger partial charge in [-0.2, -0.15) is 0 Å². The third-order valence-electron chi connectivity index (χ3n) is 5.27. The maximum Gasteiger partial charge on any atom is 0.0755 e. The second-order valence-corrected chi connectivity index (χ2v) is 7.15. The summed E-state index contributed by atoms with van der Waals surface area (Å²) in [7, 11) is 0. The second kappa shape index (κ2) is 7.88. The van der Waals surface area contributed by atoms with Crippen LogP contribution in [0, 0.1) is 11.8 Å². The molecule has 0 aromatic carbocycles. The number of nitrogens with zero attached hydrogens (tertiary/aromatic N) is 2. The minimum Gasteiger partial charge on any atom is -0.375 e. The van der Waals surface area contributed by atoms with Crippen LogP contribution in [0.1, 0.15) is 27.2 Å². The number of rotatable bonds is 7. The fourth-order valence-corrected chi connectivity index (χ4v) is 3.53.